The Morgan fingerprint density at radius 3 is 2.15 bits per heavy atom. The number of pyridine rings is 1. The zero-order chi connectivity index (χ0) is 23.0. The largest absolute Gasteiger partial charge is 0.461 e. The van der Waals surface area contributed by atoms with Crippen molar-refractivity contribution in [1.82, 2.24) is 15.0 Å². The van der Waals surface area contributed by atoms with Gasteiger partial charge in [-0.2, -0.15) is 18.2 Å². The molecule has 0 saturated heterocycles. The highest BCUT2D eigenvalue weighted by atomic mass is 35.5. The summed E-state index contributed by atoms with van der Waals surface area (Å²) in [6.45, 7) is 0. The van der Waals surface area contributed by atoms with E-state index >= 15 is 0 Å². The first kappa shape index (κ1) is 21.8. The van der Waals surface area contributed by atoms with Gasteiger partial charge in [0.05, 0.1) is 22.2 Å². The van der Waals surface area contributed by atoms with E-state index in [4.69, 9.17) is 16.3 Å². The Labute approximate surface area is 193 Å². The molecule has 1 N–H and O–H groups in total. The number of rotatable bonds is 4. The number of H-pyrrole nitrogens is 1. The van der Waals surface area contributed by atoms with Crippen molar-refractivity contribution < 1.29 is 17.9 Å². The molecule has 0 radical (unpaired) electrons. The number of ether oxygens (including phenoxy) is 1. The molecule has 4 aromatic rings. The van der Waals surface area contributed by atoms with E-state index in [1.165, 1.54) is 0 Å². The second-order valence-corrected chi connectivity index (χ2v) is 8.72. The first-order valence-corrected chi connectivity index (χ1v) is 11.2. The molecule has 8 heteroatoms. The number of aromatic nitrogens is 3. The summed E-state index contributed by atoms with van der Waals surface area (Å²) in [5.41, 5.74) is 4.73. The zero-order valence-electron chi connectivity index (χ0n) is 17.6. The number of imidazole rings is 1. The van der Waals surface area contributed by atoms with Crippen molar-refractivity contribution in [2.24, 2.45) is 5.92 Å². The average Bonchev–Trinajstić information content (AvgIpc) is 3.20. The minimum atomic E-state index is -4.14. The van der Waals surface area contributed by atoms with E-state index in [0.717, 1.165) is 16.7 Å². The van der Waals surface area contributed by atoms with E-state index < -0.39 is 12.1 Å². The van der Waals surface area contributed by atoms with Crippen molar-refractivity contribution in [2.75, 3.05) is 0 Å². The maximum absolute atomic E-state index is 12.9. The summed E-state index contributed by atoms with van der Waals surface area (Å²) in [7, 11) is 0. The first-order chi connectivity index (χ1) is 15.9. The molecule has 5 rings (SSSR count). The molecular weight excluding hydrogens is 451 g/mol. The van der Waals surface area contributed by atoms with Crippen LogP contribution in [0, 0.1) is 5.92 Å². The van der Waals surface area contributed by atoms with Gasteiger partial charge in [-0.15, -0.1) is 0 Å². The van der Waals surface area contributed by atoms with Gasteiger partial charge in [-0.25, -0.2) is 4.98 Å². The Balaban J connectivity index is 1.33. The molecule has 2 aromatic carbocycles. The summed E-state index contributed by atoms with van der Waals surface area (Å²) in [5.74, 6) is -1.25. The van der Waals surface area contributed by atoms with Gasteiger partial charge in [-0.1, -0.05) is 66.2 Å². The Morgan fingerprint density at radius 2 is 1.48 bits per heavy atom. The number of hydrogen-bond acceptors (Lipinski definition) is 3. The molecule has 2 aromatic heterocycles. The number of nitrogens with one attached hydrogen (secondary N) is 1. The smallest absolute Gasteiger partial charge is 0.391 e. The highest BCUT2D eigenvalue weighted by Crippen LogP contribution is 2.38. The Hall–Kier alpha value is -3.06. The van der Waals surface area contributed by atoms with Crippen LogP contribution in [0.4, 0.5) is 13.2 Å². The van der Waals surface area contributed by atoms with Gasteiger partial charge in [0.1, 0.15) is 6.10 Å². The van der Waals surface area contributed by atoms with Gasteiger partial charge >= 0.3 is 6.18 Å². The van der Waals surface area contributed by atoms with Crippen LogP contribution in [0.15, 0.2) is 60.7 Å². The van der Waals surface area contributed by atoms with Gasteiger partial charge < -0.3 is 9.72 Å². The predicted molar refractivity (Wildman–Crippen MR) is 122 cm³/mol. The van der Waals surface area contributed by atoms with Crippen LogP contribution in [0.3, 0.4) is 0 Å². The third-order valence-corrected chi connectivity index (χ3v) is 6.37. The molecule has 1 aliphatic carbocycles. The zero-order valence-corrected chi connectivity index (χ0v) is 18.3. The van der Waals surface area contributed by atoms with E-state index in [1.54, 1.807) is 6.07 Å². The summed E-state index contributed by atoms with van der Waals surface area (Å²) in [4.78, 5) is 12.0. The van der Waals surface area contributed by atoms with Crippen molar-refractivity contribution in [2.45, 2.75) is 38.0 Å². The molecule has 4 nitrogen and oxygen atoms in total. The van der Waals surface area contributed by atoms with Gasteiger partial charge in [-0.05, 0) is 42.9 Å². The number of hydrogen-bond donors (Lipinski definition) is 1. The van der Waals surface area contributed by atoms with E-state index in [0.29, 0.717) is 34.7 Å². The maximum atomic E-state index is 12.9. The lowest BCUT2D eigenvalue weighted by Crippen LogP contribution is -2.32. The molecule has 1 aliphatic rings. The predicted octanol–water partition coefficient (Wildman–Crippen LogP) is 7.45. The topological polar surface area (TPSA) is 50.8 Å². The summed E-state index contributed by atoms with van der Waals surface area (Å²) < 4.78 is 44.5. The Morgan fingerprint density at radius 1 is 0.848 bits per heavy atom. The van der Waals surface area contributed by atoms with Crippen LogP contribution >= 0.6 is 11.6 Å². The molecule has 2 heterocycles. The summed E-state index contributed by atoms with van der Waals surface area (Å²) in [5, 5.41) is 0.468. The van der Waals surface area contributed by atoms with Crippen molar-refractivity contribution in [3.8, 4) is 28.4 Å². The minimum absolute atomic E-state index is 0.0710. The third kappa shape index (κ3) is 4.69. The fraction of sp³-hybridized carbons (Fsp3) is 0.280. The number of halogens is 4. The molecule has 33 heavy (non-hydrogen) atoms. The van der Waals surface area contributed by atoms with E-state index in [2.05, 4.69) is 15.0 Å². The third-order valence-electron chi connectivity index (χ3n) is 6.09. The monoisotopic (exact) mass is 471 g/mol. The average molecular weight is 472 g/mol. The molecule has 1 saturated carbocycles. The van der Waals surface area contributed by atoms with Crippen LogP contribution in [-0.2, 0) is 0 Å². The lowest BCUT2D eigenvalue weighted by molar-refractivity contribution is -0.185. The minimum Gasteiger partial charge on any atom is -0.461 e. The quantitative estimate of drug-likeness (QED) is 0.336. The summed E-state index contributed by atoms with van der Waals surface area (Å²) in [6.07, 6.45) is -3.61. The maximum Gasteiger partial charge on any atom is 0.391 e. The number of alkyl halides is 3. The number of fused-ring (bicyclic) bond motifs is 1. The fourth-order valence-electron chi connectivity index (χ4n) is 4.27. The van der Waals surface area contributed by atoms with E-state index in [-0.39, 0.29) is 25.0 Å². The number of aromatic amines is 1. The van der Waals surface area contributed by atoms with Crippen LogP contribution in [0.5, 0.6) is 6.01 Å². The van der Waals surface area contributed by atoms with Gasteiger partial charge in [0.25, 0.3) is 6.01 Å². The van der Waals surface area contributed by atoms with Crippen molar-refractivity contribution in [3.05, 3.63) is 65.7 Å². The van der Waals surface area contributed by atoms with Crippen molar-refractivity contribution in [1.29, 1.82) is 0 Å². The van der Waals surface area contributed by atoms with Gasteiger partial charge in [-0.3, -0.25) is 0 Å². The van der Waals surface area contributed by atoms with Crippen LogP contribution in [0.25, 0.3) is 33.5 Å². The van der Waals surface area contributed by atoms with E-state index in [1.807, 2.05) is 54.6 Å². The van der Waals surface area contributed by atoms with Crippen LogP contribution in [0.1, 0.15) is 25.7 Å². The standard InChI is InChI=1S/C25H21ClF3N3O/c26-20-14-21-23(32-24(30-21)33-19-12-10-18(11-13-19)25(27,28)29)31-22(20)17-8-6-16(7-9-17)15-4-2-1-3-5-15/h1-9,14,18-19H,10-13H2,(H,30,31,32). The summed E-state index contributed by atoms with van der Waals surface area (Å²) >= 11 is 6.50. The molecule has 0 atom stereocenters. The van der Waals surface area contributed by atoms with E-state index in [9.17, 15) is 13.2 Å². The number of benzene rings is 2. The molecule has 0 spiro atoms. The lowest BCUT2D eigenvalue weighted by Gasteiger charge is -2.29. The van der Waals surface area contributed by atoms with Gasteiger partial charge in [0.15, 0.2) is 5.65 Å². The normalized spacial score (nSPS) is 19.0. The SMILES string of the molecule is FC(F)(F)C1CCC(Oc2nc3nc(-c4ccc(-c5ccccc5)cc4)c(Cl)cc3[nH]2)CC1. The Kier molecular flexibility index (Phi) is 5.74. The molecule has 0 bridgehead atoms. The van der Waals surface area contributed by atoms with Crippen LogP contribution < -0.4 is 4.74 Å². The van der Waals surface area contributed by atoms with Crippen LogP contribution in [-0.4, -0.2) is 27.2 Å². The fourth-order valence-corrected chi connectivity index (χ4v) is 4.53. The molecule has 0 aliphatic heterocycles. The van der Waals surface area contributed by atoms with Crippen molar-refractivity contribution in [3.63, 3.8) is 0 Å². The van der Waals surface area contributed by atoms with Gasteiger partial charge in [0.2, 0.25) is 0 Å². The first-order valence-electron chi connectivity index (χ1n) is 10.8. The molecule has 0 unspecified atom stereocenters. The van der Waals surface area contributed by atoms with Crippen LogP contribution in [0.2, 0.25) is 5.02 Å². The molecule has 1 fully saturated rings. The van der Waals surface area contributed by atoms with Crippen molar-refractivity contribution >= 4 is 22.8 Å². The molecule has 0 amide bonds. The highest BCUT2D eigenvalue weighted by Gasteiger charge is 2.41. The molecular formula is C25H21ClF3N3O. The summed E-state index contributed by atoms with van der Waals surface area (Å²) in [6, 6.07) is 20.0. The lowest BCUT2D eigenvalue weighted by atomic mass is 9.87. The highest BCUT2D eigenvalue weighted by molar-refractivity contribution is 6.33. The Bertz CT molecular complexity index is 1250. The second kappa shape index (κ2) is 8.71. The molecule has 170 valence electrons. The van der Waals surface area contributed by atoms with Gasteiger partial charge in [0, 0.05) is 5.56 Å². The second-order valence-electron chi connectivity index (χ2n) is 8.31. The number of nitrogens with zero attached hydrogens (tertiary/aromatic N) is 2.